The first-order chi connectivity index (χ1) is 8.63. The van der Waals surface area contributed by atoms with E-state index in [2.05, 4.69) is 17.3 Å². The quantitative estimate of drug-likeness (QED) is 0.845. The van der Waals surface area contributed by atoms with Crippen LogP contribution in [-0.4, -0.2) is 11.6 Å². The Morgan fingerprint density at radius 3 is 3.06 bits per heavy atom. The Bertz CT molecular complexity index is 697. The van der Waals surface area contributed by atoms with Gasteiger partial charge in [-0.25, -0.2) is 4.39 Å². The van der Waals surface area contributed by atoms with E-state index in [9.17, 15) is 9.18 Å². The normalized spacial score (nSPS) is 10.1. The van der Waals surface area contributed by atoms with E-state index >= 15 is 0 Å². The van der Waals surface area contributed by atoms with Crippen LogP contribution in [0.4, 0.5) is 4.39 Å². The molecule has 4 heteroatoms. The molecule has 0 atom stereocenters. The lowest BCUT2D eigenvalue weighted by Crippen LogP contribution is -2.12. The molecule has 0 aliphatic rings. The van der Waals surface area contributed by atoms with Crippen LogP contribution in [0.3, 0.4) is 0 Å². The van der Waals surface area contributed by atoms with Crippen molar-refractivity contribution >= 4 is 10.9 Å². The number of fused-ring (bicyclic) bond motifs is 1. The summed E-state index contributed by atoms with van der Waals surface area (Å²) in [5.74, 6) is 0.0548. The Morgan fingerprint density at radius 2 is 2.33 bits per heavy atom. The largest absolute Gasteiger partial charge is 0.488 e. The van der Waals surface area contributed by atoms with Crippen LogP contribution in [0, 0.1) is 12.7 Å². The van der Waals surface area contributed by atoms with Gasteiger partial charge >= 0.3 is 0 Å². The molecule has 1 heterocycles. The van der Waals surface area contributed by atoms with Crippen molar-refractivity contribution in [2.24, 2.45) is 0 Å². The predicted octanol–water partition coefficient (Wildman–Crippen LogP) is 2.70. The van der Waals surface area contributed by atoms with E-state index in [4.69, 9.17) is 4.74 Å². The lowest BCUT2D eigenvalue weighted by Gasteiger charge is -2.10. The van der Waals surface area contributed by atoms with Gasteiger partial charge in [-0.2, -0.15) is 0 Å². The number of hydrogen-bond acceptors (Lipinski definition) is 2. The fraction of sp³-hybridized carbons (Fsp3) is 0.143. The molecule has 92 valence electrons. The number of H-pyrrole nitrogens is 1. The first-order valence-electron chi connectivity index (χ1n) is 5.42. The third kappa shape index (κ3) is 2.19. The molecular formula is C14H12FNO2. The van der Waals surface area contributed by atoms with Crippen molar-refractivity contribution in [3.63, 3.8) is 0 Å². The molecule has 0 saturated heterocycles. The number of ether oxygens (including phenoxy) is 1. The molecule has 18 heavy (non-hydrogen) atoms. The van der Waals surface area contributed by atoms with Crippen LogP contribution < -0.4 is 10.3 Å². The highest BCUT2D eigenvalue weighted by atomic mass is 19.1. The Hall–Kier alpha value is -2.32. The SMILES string of the molecule is C=C=CCOc1c(C)c(=O)[nH]c2cc(F)ccc12. The van der Waals surface area contributed by atoms with Crippen molar-refractivity contribution in [2.45, 2.75) is 6.92 Å². The second kappa shape index (κ2) is 4.90. The molecule has 2 rings (SSSR count). The molecule has 0 aliphatic carbocycles. The monoisotopic (exact) mass is 245 g/mol. The summed E-state index contributed by atoms with van der Waals surface area (Å²) in [7, 11) is 0. The number of halogens is 1. The molecule has 2 aromatic rings. The van der Waals surface area contributed by atoms with Crippen LogP contribution in [0.15, 0.2) is 41.4 Å². The summed E-state index contributed by atoms with van der Waals surface area (Å²) in [6, 6.07) is 4.18. The minimum absolute atomic E-state index is 0.264. The number of pyridine rings is 1. The zero-order chi connectivity index (χ0) is 13.1. The number of aromatic amines is 1. The van der Waals surface area contributed by atoms with E-state index in [0.717, 1.165) is 0 Å². The Balaban J connectivity index is 2.64. The Kier molecular flexibility index (Phi) is 3.31. The van der Waals surface area contributed by atoms with Gasteiger partial charge in [-0.15, -0.1) is 5.73 Å². The molecular weight excluding hydrogens is 233 g/mol. The summed E-state index contributed by atoms with van der Waals surface area (Å²) >= 11 is 0. The lowest BCUT2D eigenvalue weighted by atomic mass is 10.1. The molecule has 1 N–H and O–H groups in total. The number of nitrogens with one attached hydrogen (secondary N) is 1. The number of hydrogen-bond donors (Lipinski definition) is 1. The van der Waals surface area contributed by atoms with Gasteiger partial charge in [0.1, 0.15) is 18.2 Å². The molecule has 0 amide bonds. The lowest BCUT2D eigenvalue weighted by molar-refractivity contribution is 0.364. The van der Waals surface area contributed by atoms with E-state index in [0.29, 0.717) is 22.2 Å². The third-order valence-electron chi connectivity index (χ3n) is 2.61. The van der Waals surface area contributed by atoms with Crippen molar-refractivity contribution in [3.8, 4) is 5.75 Å². The average molecular weight is 245 g/mol. The fourth-order valence-corrected chi connectivity index (χ4v) is 1.71. The van der Waals surface area contributed by atoms with Gasteiger partial charge in [0.25, 0.3) is 5.56 Å². The fourth-order valence-electron chi connectivity index (χ4n) is 1.71. The minimum atomic E-state index is -0.404. The first-order valence-corrected chi connectivity index (χ1v) is 5.42. The van der Waals surface area contributed by atoms with Crippen LogP contribution in [0.2, 0.25) is 0 Å². The molecule has 0 unspecified atom stereocenters. The number of aromatic nitrogens is 1. The summed E-state index contributed by atoms with van der Waals surface area (Å²) in [6.07, 6.45) is 1.61. The van der Waals surface area contributed by atoms with Gasteiger partial charge in [-0.1, -0.05) is 6.58 Å². The zero-order valence-electron chi connectivity index (χ0n) is 9.92. The molecule has 0 radical (unpaired) electrons. The van der Waals surface area contributed by atoms with Gasteiger partial charge in [0, 0.05) is 5.39 Å². The summed E-state index contributed by atoms with van der Waals surface area (Å²) in [6.45, 7) is 5.35. The molecule has 3 nitrogen and oxygen atoms in total. The van der Waals surface area contributed by atoms with Crippen LogP contribution >= 0.6 is 0 Å². The second-order valence-corrected chi connectivity index (χ2v) is 3.82. The van der Waals surface area contributed by atoms with Crippen LogP contribution in [0.5, 0.6) is 5.75 Å². The minimum Gasteiger partial charge on any atom is -0.488 e. The van der Waals surface area contributed by atoms with Crippen LogP contribution in [-0.2, 0) is 0 Å². The van der Waals surface area contributed by atoms with Crippen molar-refractivity contribution in [1.82, 2.24) is 4.98 Å². The van der Waals surface area contributed by atoms with Crippen LogP contribution in [0.25, 0.3) is 10.9 Å². The van der Waals surface area contributed by atoms with Gasteiger partial charge < -0.3 is 9.72 Å². The van der Waals surface area contributed by atoms with Crippen molar-refractivity contribution in [1.29, 1.82) is 0 Å². The topological polar surface area (TPSA) is 42.1 Å². The number of benzene rings is 1. The zero-order valence-corrected chi connectivity index (χ0v) is 9.92. The summed E-state index contributed by atoms with van der Waals surface area (Å²) in [5.41, 5.74) is 3.18. The predicted molar refractivity (Wildman–Crippen MR) is 68.5 cm³/mol. The molecule has 0 fully saturated rings. The van der Waals surface area contributed by atoms with E-state index in [1.165, 1.54) is 12.1 Å². The smallest absolute Gasteiger partial charge is 0.255 e. The number of rotatable bonds is 3. The second-order valence-electron chi connectivity index (χ2n) is 3.82. The maximum absolute atomic E-state index is 13.1. The average Bonchev–Trinajstić information content (AvgIpc) is 2.34. The third-order valence-corrected chi connectivity index (χ3v) is 2.61. The molecule has 1 aromatic heterocycles. The van der Waals surface area contributed by atoms with Crippen molar-refractivity contribution in [2.75, 3.05) is 6.61 Å². The molecule has 1 aromatic carbocycles. The van der Waals surface area contributed by atoms with E-state index < -0.39 is 5.82 Å². The summed E-state index contributed by atoms with van der Waals surface area (Å²) in [5, 5.41) is 0.672. The van der Waals surface area contributed by atoms with E-state index in [-0.39, 0.29) is 12.2 Å². The van der Waals surface area contributed by atoms with Crippen molar-refractivity contribution < 1.29 is 9.13 Å². The summed E-state index contributed by atoms with van der Waals surface area (Å²) in [4.78, 5) is 14.3. The summed E-state index contributed by atoms with van der Waals surface area (Å²) < 4.78 is 18.6. The molecule has 0 spiro atoms. The molecule has 0 saturated carbocycles. The highest BCUT2D eigenvalue weighted by molar-refractivity contribution is 5.86. The van der Waals surface area contributed by atoms with Crippen molar-refractivity contribution in [3.05, 3.63) is 58.3 Å². The van der Waals surface area contributed by atoms with E-state index in [1.807, 2.05) is 0 Å². The van der Waals surface area contributed by atoms with Gasteiger partial charge in [0.15, 0.2) is 0 Å². The van der Waals surface area contributed by atoms with Crippen LogP contribution in [0.1, 0.15) is 5.56 Å². The highest BCUT2D eigenvalue weighted by Crippen LogP contribution is 2.26. The first kappa shape index (κ1) is 12.1. The van der Waals surface area contributed by atoms with E-state index in [1.54, 1.807) is 19.1 Å². The van der Waals surface area contributed by atoms with Gasteiger partial charge in [-0.3, -0.25) is 4.79 Å². The Labute approximate surface area is 103 Å². The Morgan fingerprint density at radius 1 is 1.56 bits per heavy atom. The van der Waals surface area contributed by atoms with Gasteiger partial charge in [0.2, 0.25) is 0 Å². The highest BCUT2D eigenvalue weighted by Gasteiger charge is 2.10. The van der Waals surface area contributed by atoms with Gasteiger partial charge in [0.05, 0.1) is 11.1 Å². The maximum atomic E-state index is 13.1. The maximum Gasteiger partial charge on any atom is 0.255 e. The molecule has 0 aliphatic heterocycles. The molecule has 0 bridgehead atoms. The van der Waals surface area contributed by atoms with Gasteiger partial charge in [-0.05, 0) is 31.2 Å². The standard InChI is InChI=1S/C14H12FNO2/c1-3-4-7-18-13-9(2)14(17)16-12-8-10(15)5-6-11(12)13/h4-6,8H,1,7H2,2H3,(H,16,17).